The lowest BCUT2D eigenvalue weighted by Crippen LogP contribution is -2.16. The summed E-state index contributed by atoms with van der Waals surface area (Å²) in [5.41, 5.74) is 0.459. The zero-order valence-corrected chi connectivity index (χ0v) is 11.6. The van der Waals surface area contributed by atoms with Gasteiger partial charge < -0.3 is 10.1 Å². The molecule has 1 amide bonds. The van der Waals surface area contributed by atoms with E-state index in [0.717, 1.165) is 11.3 Å². The molecule has 18 heavy (non-hydrogen) atoms. The van der Waals surface area contributed by atoms with Gasteiger partial charge in [-0.15, -0.1) is 11.3 Å². The molecule has 5 heteroatoms. The van der Waals surface area contributed by atoms with Gasteiger partial charge in [-0.05, 0) is 32.3 Å². The molecule has 0 radical (unpaired) electrons. The van der Waals surface area contributed by atoms with E-state index in [1.54, 1.807) is 13.0 Å². The maximum Gasteiger partial charge on any atom is 0.341 e. The highest BCUT2D eigenvalue weighted by Crippen LogP contribution is 2.39. The van der Waals surface area contributed by atoms with Gasteiger partial charge in [-0.25, -0.2) is 4.79 Å². The fourth-order valence-electron chi connectivity index (χ4n) is 1.86. The lowest BCUT2D eigenvalue weighted by Gasteiger charge is -2.05. The van der Waals surface area contributed by atoms with Crippen molar-refractivity contribution in [3.63, 3.8) is 0 Å². The Morgan fingerprint density at radius 2 is 2.22 bits per heavy atom. The maximum atomic E-state index is 11.9. The molecule has 1 aromatic heterocycles. The molecule has 0 aromatic carbocycles. The van der Waals surface area contributed by atoms with Crippen molar-refractivity contribution in [2.75, 3.05) is 11.9 Å². The molecule has 0 bridgehead atoms. The highest BCUT2D eigenvalue weighted by molar-refractivity contribution is 7.16. The summed E-state index contributed by atoms with van der Waals surface area (Å²) in [6.45, 7) is 6.06. The van der Waals surface area contributed by atoms with Gasteiger partial charge >= 0.3 is 5.97 Å². The topological polar surface area (TPSA) is 55.4 Å². The van der Waals surface area contributed by atoms with E-state index in [9.17, 15) is 9.59 Å². The van der Waals surface area contributed by atoms with Crippen LogP contribution in [-0.4, -0.2) is 18.5 Å². The van der Waals surface area contributed by atoms with Crippen molar-refractivity contribution in [2.45, 2.75) is 27.2 Å². The fourth-order valence-corrected chi connectivity index (χ4v) is 2.76. The first-order chi connectivity index (χ1) is 8.52. The van der Waals surface area contributed by atoms with Gasteiger partial charge in [0.05, 0.1) is 12.2 Å². The highest BCUT2D eigenvalue weighted by atomic mass is 32.1. The summed E-state index contributed by atoms with van der Waals surface area (Å²) in [7, 11) is 0. The second-order valence-corrected chi connectivity index (χ2v) is 5.89. The number of hydrogen-bond acceptors (Lipinski definition) is 4. The van der Waals surface area contributed by atoms with Crippen LogP contribution in [0.5, 0.6) is 0 Å². The summed E-state index contributed by atoms with van der Waals surface area (Å²) in [6.07, 6.45) is 0.935. The summed E-state index contributed by atoms with van der Waals surface area (Å²) >= 11 is 1.41. The van der Waals surface area contributed by atoms with E-state index >= 15 is 0 Å². The summed E-state index contributed by atoms with van der Waals surface area (Å²) in [6, 6.07) is 1.76. The summed E-state index contributed by atoms with van der Waals surface area (Å²) in [5.74, 6) is 0.190. The van der Waals surface area contributed by atoms with Gasteiger partial charge in [-0.3, -0.25) is 4.79 Å². The molecule has 0 saturated heterocycles. The molecule has 0 spiro atoms. The molecule has 1 heterocycles. The minimum absolute atomic E-state index is 0.00917. The van der Waals surface area contributed by atoms with Gasteiger partial charge in [-0.1, -0.05) is 6.92 Å². The zero-order chi connectivity index (χ0) is 13.3. The van der Waals surface area contributed by atoms with Crippen LogP contribution in [0.4, 0.5) is 5.00 Å². The van der Waals surface area contributed by atoms with E-state index < -0.39 is 0 Å². The molecule has 1 aliphatic rings. The Morgan fingerprint density at radius 3 is 2.78 bits per heavy atom. The largest absolute Gasteiger partial charge is 0.462 e. The standard InChI is InChI=1S/C13H17NO3S/c1-4-17-13(16)10-6-8(3)18-12(10)14-11(15)9-5-7(9)2/h6-7,9H,4-5H2,1-3H3,(H,14,15). The summed E-state index contributed by atoms with van der Waals surface area (Å²) in [5, 5.41) is 3.45. The molecule has 1 fully saturated rings. The third-order valence-electron chi connectivity index (χ3n) is 3.03. The van der Waals surface area contributed by atoms with Crippen molar-refractivity contribution >= 4 is 28.2 Å². The van der Waals surface area contributed by atoms with Crippen molar-refractivity contribution in [2.24, 2.45) is 11.8 Å². The van der Waals surface area contributed by atoms with Crippen LogP contribution >= 0.6 is 11.3 Å². The molecular formula is C13H17NO3S. The quantitative estimate of drug-likeness (QED) is 0.853. The van der Waals surface area contributed by atoms with Crippen LogP contribution in [0.25, 0.3) is 0 Å². The molecule has 1 aliphatic carbocycles. The van der Waals surface area contributed by atoms with Crippen LogP contribution in [0, 0.1) is 18.8 Å². The minimum Gasteiger partial charge on any atom is -0.462 e. The van der Waals surface area contributed by atoms with E-state index in [4.69, 9.17) is 4.74 Å². The van der Waals surface area contributed by atoms with Gasteiger partial charge in [0.25, 0.3) is 0 Å². The third kappa shape index (κ3) is 2.72. The molecule has 1 aromatic rings. The molecule has 4 nitrogen and oxygen atoms in total. The molecule has 1 N–H and O–H groups in total. The molecule has 0 aliphatic heterocycles. The molecule has 2 atom stereocenters. The average Bonchev–Trinajstić information content (AvgIpc) is 2.92. The number of hydrogen-bond donors (Lipinski definition) is 1. The lowest BCUT2D eigenvalue weighted by molar-refractivity contribution is -0.117. The number of rotatable bonds is 4. The predicted octanol–water partition coefficient (Wildman–Crippen LogP) is 2.83. The first kappa shape index (κ1) is 13.1. The Balaban J connectivity index is 2.12. The van der Waals surface area contributed by atoms with Gasteiger partial charge in [0.2, 0.25) is 5.91 Å². The van der Waals surface area contributed by atoms with Crippen LogP contribution in [0.1, 0.15) is 35.5 Å². The Bertz CT molecular complexity index is 481. The second-order valence-electron chi connectivity index (χ2n) is 4.63. The Kier molecular flexibility index (Phi) is 3.71. The average molecular weight is 267 g/mol. The van der Waals surface area contributed by atoms with Gasteiger partial charge in [-0.2, -0.15) is 0 Å². The van der Waals surface area contributed by atoms with Crippen LogP contribution in [0.2, 0.25) is 0 Å². The molecule has 2 rings (SSSR count). The lowest BCUT2D eigenvalue weighted by atomic mass is 10.2. The number of aryl methyl sites for hydroxylation is 1. The van der Waals surface area contributed by atoms with Gasteiger partial charge in [0, 0.05) is 10.8 Å². The predicted molar refractivity (Wildman–Crippen MR) is 70.9 cm³/mol. The minimum atomic E-state index is -0.374. The first-order valence-electron chi connectivity index (χ1n) is 6.11. The van der Waals surface area contributed by atoms with Crippen LogP contribution < -0.4 is 5.32 Å². The highest BCUT2D eigenvalue weighted by Gasteiger charge is 2.39. The first-order valence-corrected chi connectivity index (χ1v) is 6.93. The van der Waals surface area contributed by atoms with E-state index in [2.05, 4.69) is 12.2 Å². The van der Waals surface area contributed by atoms with Crippen molar-refractivity contribution in [3.8, 4) is 0 Å². The Hall–Kier alpha value is -1.36. The second kappa shape index (κ2) is 5.10. The smallest absolute Gasteiger partial charge is 0.341 e. The number of thiophene rings is 1. The van der Waals surface area contributed by atoms with E-state index in [1.165, 1.54) is 11.3 Å². The molecule has 2 unspecified atom stereocenters. The van der Waals surface area contributed by atoms with E-state index in [1.807, 2.05) is 6.92 Å². The van der Waals surface area contributed by atoms with Crippen LogP contribution in [0.15, 0.2) is 6.07 Å². The monoisotopic (exact) mass is 267 g/mol. The van der Waals surface area contributed by atoms with Crippen molar-refractivity contribution in [3.05, 3.63) is 16.5 Å². The SMILES string of the molecule is CCOC(=O)c1cc(C)sc1NC(=O)C1CC1C. The number of carbonyl (C=O) groups excluding carboxylic acids is 2. The summed E-state index contributed by atoms with van der Waals surface area (Å²) < 4.78 is 4.98. The Morgan fingerprint density at radius 1 is 1.56 bits per heavy atom. The normalized spacial score (nSPS) is 21.5. The van der Waals surface area contributed by atoms with Gasteiger partial charge in [0.1, 0.15) is 5.00 Å². The molecule has 1 saturated carbocycles. The number of anilines is 1. The van der Waals surface area contributed by atoms with Crippen LogP contribution in [-0.2, 0) is 9.53 Å². The van der Waals surface area contributed by atoms with Crippen molar-refractivity contribution < 1.29 is 14.3 Å². The van der Waals surface area contributed by atoms with Crippen LogP contribution in [0.3, 0.4) is 0 Å². The number of amides is 1. The van der Waals surface area contributed by atoms with Crippen molar-refractivity contribution in [1.82, 2.24) is 0 Å². The van der Waals surface area contributed by atoms with E-state index in [-0.39, 0.29) is 17.8 Å². The molecular weight excluding hydrogens is 250 g/mol. The number of nitrogens with one attached hydrogen (secondary N) is 1. The number of ether oxygens (including phenoxy) is 1. The fraction of sp³-hybridized carbons (Fsp3) is 0.538. The van der Waals surface area contributed by atoms with Gasteiger partial charge in [0.15, 0.2) is 0 Å². The molecule has 98 valence electrons. The number of esters is 1. The maximum absolute atomic E-state index is 11.9. The zero-order valence-electron chi connectivity index (χ0n) is 10.8. The summed E-state index contributed by atoms with van der Waals surface area (Å²) in [4.78, 5) is 24.6. The Labute approximate surface area is 110 Å². The van der Waals surface area contributed by atoms with Crippen molar-refractivity contribution in [1.29, 1.82) is 0 Å². The number of carbonyl (C=O) groups is 2. The van der Waals surface area contributed by atoms with E-state index in [0.29, 0.717) is 23.1 Å². The third-order valence-corrected chi connectivity index (χ3v) is 4.00.